The third kappa shape index (κ3) is 3.05. The molecule has 0 spiro atoms. The number of benzene rings is 1. The number of fused-ring (bicyclic) bond motifs is 1. The highest BCUT2D eigenvalue weighted by Crippen LogP contribution is 2.18. The molecule has 2 aromatic rings. The Morgan fingerprint density at radius 1 is 1.47 bits per heavy atom. The van der Waals surface area contributed by atoms with Gasteiger partial charge in [0.2, 0.25) is 0 Å². The molecule has 1 aromatic carbocycles. The van der Waals surface area contributed by atoms with Crippen molar-refractivity contribution in [2.75, 3.05) is 11.9 Å². The predicted octanol–water partition coefficient (Wildman–Crippen LogP) is 2.64. The summed E-state index contributed by atoms with van der Waals surface area (Å²) >= 11 is 0. The number of carboxylic acids is 1. The molecule has 0 aliphatic heterocycles. The van der Waals surface area contributed by atoms with Gasteiger partial charge in [-0.15, -0.1) is 0 Å². The molecule has 0 bridgehead atoms. The molecule has 2 rings (SSSR count). The number of hydrogen-bond acceptors (Lipinski definition) is 3. The van der Waals surface area contributed by atoms with Crippen LogP contribution < -0.4 is 5.32 Å². The largest absolute Gasteiger partial charge is 0.481 e. The molecule has 0 radical (unpaired) electrons. The fourth-order valence-corrected chi connectivity index (χ4v) is 2.08. The van der Waals surface area contributed by atoms with Crippen LogP contribution in [-0.2, 0) is 4.79 Å². The first-order valence-electron chi connectivity index (χ1n) is 6.40. The average Bonchev–Trinajstić information content (AvgIpc) is 2.67. The van der Waals surface area contributed by atoms with Crippen molar-refractivity contribution in [1.29, 1.82) is 0 Å². The van der Waals surface area contributed by atoms with E-state index in [1.807, 2.05) is 39.0 Å². The predicted molar refractivity (Wildman–Crippen MR) is 75.3 cm³/mol. The molecule has 19 heavy (non-hydrogen) atoms. The molecule has 0 saturated heterocycles. The second-order valence-electron chi connectivity index (χ2n) is 5.12. The summed E-state index contributed by atoms with van der Waals surface area (Å²) in [6.45, 7) is 6.17. The van der Waals surface area contributed by atoms with Gasteiger partial charge < -0.3 is 15.4 Å². The van der Waals surface area contributed by atoms with Gasteiger partial charge >= 0.3 is 5.97 Å². The molecule has 0 amide bonds. The number of hydrogen-bond donors (Lipinski definition) is 3. The van der Waals surface area contributed by atoms with E-state index in [-0.39, 0.29) is 11.8 Å². The van der Waals surface area contributed by atoms with Crippen molar-refractivity contribution in [2.45, 2.75) is 20.8 Å². The van der Waals surface area contributed by atoms with Crippen LogP contribution >= 0.6 is 0 Å². The maximum absolute atomic E-state index is 11.1. The molecule has 1 aromatic heterocycles. The summed E-state index contributed by atoms with van der Waals surface area (Å²) in [5, 5.41) is 12.3. The van der Waals surface area contributed by atoms with Crippen LogP contribution in [0.25, 0.3) is 11.0 Å². The molecule has 102 valence electrons. The van der Waals surface area contributed by atoms with Crippen molar-refractivity contribution in [3.63, 3.8) is 0 Å². The van der Waals surface area contributed by atoms with Gasteiger partial charge in [0, 0.05) is 12.2 Å². The van der Waals surface area contributed by atoms with E-state index >= 15 is 0 Å². The number of anilines is 1. The summed E-state index contributed by atoms with van der Waals surface area (Å²) in [5.41, 5.74) is 2.78. The highest BCUT2D eigenvalue weighted by atomic mass is 16.4. The number of nitrogens with one attached hydrogen (secondary N) is 2. The lowest BCUT2D eigenvalue weighted by molar-refractivity contribution is -0.142. The van der Waals surface area contributed by atoms with Crippen LogP contribution in [0.4, 0.5) is 5.69 Å². The van der Waals surface area contributed by atoms with Gasteiger partial charge in [-0.25, -0.2) is 4.98 Å². The number of nitrogens with zero attached hydrogens (tertiary/aromatic N) is 1. The number of imidazole rings is 1. The molecule has 1 unspecified atom stereocenters. The number of carbonyl (C=O) groups is 1. The number of aliphatic carboxylic acids is 1. The second kappa shape index (κ2) is 5.30. The van der Waals surface area contributed by atoms with E-state index in [0.717, 1.165) is 22.5 Å². The molecule has 5 heteroatoms. The molecule has 5 nitrogen and oxygen atoms in total. The summed E-state index contributed by atoms with van der Waals surface area (Å²) in [4.78, 5) is 18.6. The lowest BCUT2D eigenvalue weighted by atomic mass is 9.96. The quantitative estimate of drug-likeness (QED) is 0.773. The van der Waals surface area contributed by atoms with Gasteiger partial charge in [-0.3, -0.25) is 4.79 Å². The van der Waals surface area contributed by atoms with Gasteiger partial charge in [-0.2, -0.15) is 0 Å². The summed E-state index contributed by atoms with van der Waals surface area (Å²) in [6.07, 6.45) is 0. The third-order valence-corrected chi connectivity index (χ3v) is 3.25. The molecule has 0 saturated carbocycles. The van der Waals surface area contributed by atoms with Crippen molar-refractivity contribution in [3.05, 3.63) is 24.0 Å². The van der Waals surface area contributed by atoms with Crippen molar-refractivity contribution < 1.29 is 9.90 Å². The van der Waals surface area contributed by atoms with E-state index < -0.39 is 5.97 Å². The Balaban J connectivity index is 2.10. The summed E-state index contributed by atoms with van der Waals surface area (Å²) in [7, 11) is 0. The topological polar surface area (TPSA) is 78.0 Å². The molecule has 1 atom stereocenters. The zero-order valence-electron chi connectivity index (χ0n) is 11.4. The maximum Gasteiger partial charge on any atom is 0.308 e. The van der Waals surface area contributed by atoms with Gasteiger partial charge in [0.25, 0.3) is 0 Å². The van der Waals surface area contributed by atoms with Crippen LogP contribution in [0, 0.1) is 18.8 Å². The monoisotopic (exact) mass is 261 g/mol. The first-order valence-corrected chi connectivity index (χ1v) is 6.40. The summed E-state index contributed by atoms with van der Waals surface area (Å²) in [5.74, 6) is -0.180. The Hall–Kier alpha value is -2.04. The minimum Gasteiger partial charge on any atom is -0.481 e. The van der Waals surface area contributed by atoms with Crippen molar-refractivity contribution in [2.24, 2.45) is 11.8 Å². The lowest BCUT2D eigenvalue weighted by Gasteiger charge is -2.17. The molecule has 0 aliphatic carbocycles. The van der Waals surface area contributed by atoms with Crippen LogP contribution in [0.1, 0.15) is 19.7 Å². The second-order valence-corrected chi connectivity index (χ2v) is 5.12. The molecular weight excluding hydrogens is 242 g/mol. The van der Waals surface area contributed by atoms with Crippen molar-refractivity contribution in [1.82, 2.24) is 9.97 Å². The molecule has 0 fully saturated rings. The molecular formula is C14H19N3O2. The van der Waals surface area contributed by atoms with E-state index in [2.05, 4.69) is 15.3 Å². The molecule has 0 aliphatic rings. The number of aryl methyl sites for hydroxylation is 1. The van der Waals surface area contributed by atoms with Crippen LogP contribution in [0.2, 0.25) is 0 Å². The van der Waals surface area contributed by atoms with Crippen LogP contribution in [0.15, 0.2) is 18.2 Å². The Morgan fingerprint density at radius 2 is 2.21 bits per heavy atom. The van der Waals surface area contributed by atoms with Crippen molar-refractivity contribution in [3.8, 4) is 0 Å². The number of aromatic amines is 1. The zero-order valence-corrected chi connectivity index (χ0v) is 11.4. The fraction of sp³-hybridized carbons (Fsp3) is 0.429. The highest BCUT2D eigenvalue weighted by molar-refractivity contribution is 5.79. The van der Waals surface area contributed by atoms with Gasteiger partial charge in [-0.05, 0) is 31.0 Å². The first kappa shape index (κ1) is 13.4. The van der Waals surface area contributed by atoms with E-state index in [1.54, 1.807) is 0 Å². The Morgan fingerprint density at radius 3 is 2.84 bits per heavy atom. The first-order chi connectivity index (χ1) is 8.97. The summed E-state index contributed by atoms with van der Waals surface area (Å²) in [6, 6.07) is 5.79. The number of carboxylic acid groups (broad SMARTS) is 1. The molecule has 1 heterocycles. The smallest absolute Gasteiger partial charge is 0.308 e. The number of aromatic nitrogens is 2. The van der Waals surface area contributed by atoms with Crippen LogP contribution in [-0.4, -0.2) is 27.6 Å². The van der Waals surface area contributed by atoms with E-state index in [1.165, 1.54) is 0 Å². The van der Waals surface area contributed by atoms with Gasteiger partial charge in [0.15, 0.2) is 0 Å². The average molecular weight is 261 g/mol. The molecule has 3 N–H and O–H groups in total. The Labute approximate surface area is 112 Å². The SMILES string of the molecule is Cc1nc2ccc(NCC(C(=O)O)C(C)C)cc2[nH]1. The maximum atomic E-state index is 11.1. The lowest BCUT2D eigenvalue weighted by Crippen LogP contribution is -2.27. The minimum atomic E-state index is -0.763. The van der Waals surface area contributed by atoms with Crippen molar-refractivity contribution >= 4 is 22.7 Å². The standard InChI is InChI=1S/C14H19N3O2/c1-8(2)11(14(18)19)7-15-10-4-5-12-13(6-10)17-9(3)16-12/h4-6,8,11,15H,7H2,1-3H3,(H,16,17)(H,18,19). The third-order valence-electron chi connectivity index (χ3n) is 3.25. The van der Waals surface area contributed by atoms with E-state index in [9.17, 15) is 4.79 Å². The van der Waals surface area contributed by atoms with Gasteiger partial charge in [0.05, 0.1) is 17.0 Å². The van der Waals surface area contributed by atoms with E-state index in [0.29, 0.717) is 6.54 Å². The minimum absolute atomic E-state index is 0.100. The highest BCUT2D eigenvalue weighted by Gasteiger charge is 2.20. The van der Waals surface area contributed by atoms with E-state index in [4.69, 9.17) is 5.11 Å². The summed E-state index contributed by atoms with van der Waals surface area (Å²) < 4.78 is 0. The van der Waals surface area contributed by atoms with Gasteiger partial charge in [0.1, 0.15) is 5.82 Å². The Bertz CT molecular complexity index is 589. The fourth-order valence-electron chi connectivity index (χ4n) is 2.08. The number of rotatable bonds is 5. The van der Waals surface area contributed by atoms with Gasteiger partial charge in [-0.1, -0.05) is 13.8 Å². The zero-order chi connectivity index (χ0) is 14.0. The number of H-pyrrole nitrogens is 1. The normalized spacial score (nSPS) is 12.8. The van der Waals surface area contributed by atoms with Crippen LogP contribution in [0.5, 0.6) is 0 Å². The Kier molecular flexibility index (Phi) is 3.74. The van der Waals surface area contributed by atoms with Crippen LogP contribution in [0.3, 0.4) is 0 Å².